The van der Waals surface area contributed by atoms with E-state index >= 15 is 0 Å². The monoisotopic (exact) mass is 120 g/mol. The van der Waals surface area contributed by atoms with Gasteiger partial charge in [-0.1, -0.05) is 0 Å². The van der Waals surface area contributed by atoms with Crippen molar-refractivity contribution in [1.29, 1.82) is 0 Å². The minimum atomic E-state index is -0.877. The highest BCUT2D eigenvalue weighted by Crippen LogP contribution is 2.07. The Morgan fingerprint density at radius 2 is 1.62 bits per heavy atom. The summed E-state index contributed by atoms with van der Waals surface area (Å²) in [6.45, 7) is -0.0810. The van der Waals surface area contributed by atoms with Crippen molar-refractivity contribution in [2.24, 2.45) is 0 Å². The first-order valence-electron chi connectivity index (χ1n) is 2.41. The van der Waals surface area contributed by atoms with E-state index in [-0.39, 0.29) is 13.2 Å². The number of aliphatic hydroxyl groups is 2. The van der Waals surface area contributed by atoms with Gasteiger partial charge in [0.25, 0.3) is 0 Å². The minimum Gasteiger partial charge on any atom is -0.534 e. The van der Waals surface area contributed by atoms with Crippen molar-refractivity contribution in [1.82, 2.24) is 0 Å². The predicted molar refractivity (Wildman–Crippen MR) is 22.8 cm³/mol. The Kier molecular flexibility index (Phi) is 1.48. The summed E-state index contributed by atoms with van der Waals surface area (Å²) >= 11 is 0. The van der Waals surface area contributed by atoms with Gasteiger partial charge in [-0.25, -0.2) is 0 Å². The van der Waals surface area contributed by atoms with Crippen molar-refractivity contribution in [3.8, 4) is 0 Å². The smallest absolute Gasteiger partial charge is 0.180 e. The van der Waals surface area contributed by atoms with Crippen LogP contribution in [0, 0.1) is 0 Å². The van der Waals surface area contributed by atoms with Crippen LogP contribution in [0.5, 0.6) is 0 Å². The first-order valence-corrected chi connectivity index (χ1v) is 2.41. The molecular weight excluding hydrogens is 112 g/mol. The van der Waals surface area contributed by atoms with Crippen LogP contribution in [-0.4, -0.2) is 35.6 Å². The van der Waals surface area contributed by atoms with E-state index in [1.165, 1.54) is 4.52 Å². The largest absolute Gasteiger partial charge is 0.534 e. The van der Waals surface area contributed by atoms with Crippen LogP contribution in [0.25, 0.3) is 0 Å². The molecule has 1 rings (SSSR count). The molecule has 0 radical (unpaired) electrons. The molecule has 0 aromatic carbocycles. The summed E-state index contributed by atoms with van der Waals surface area (Å²) in [7, 11) is 0. The lowest BCUT2D eigenvalue weighted by atomic mass is 10.3. The summed E-state index contributed by atoms with van der Waals surface area (Å²) in [6, 6.07) is 0. The molecule has 0 spiro atoms. The Hall–Kier alpha value is -0.160. The number of aliphatic hydroxyl groups excluding tert-OH is 2. The summed E-state index contributed by atoms with van der Waals surface area (Å²) < 4.78 is 1.35. The minimum absolute atomic E-state index is 0.0405. The summed E-state index contributed by atoms with van der Waals surface area (Å²) in [4.78, 5) is 0. The van der Waals surface area contributed by atoms with Gasteiger partial charge in [0.1, 0.15) is 0 Å². The molecule has 0 aromatic rings. The quantitative estimate of drug-likeness (QED) is 0.275. The molecule has 1 fully saturated rings. The second kappa shape index (κ2) is 1.99. The molecule has 4 heteroatoms. The zero-order valence-corrected chi connectivity index (χ0v) is 4.28. The molecule has 8 heavy (non-hydrogen) atoms. The van der Waals surface area contributed by atoms with Gasteiger partial charge < -0.3 is 20.0 Å². The summed E-state index contributed by atoms with van der Waals surface area (Å²) in [6.07, 6.45) is -1.75. The van der Waals surface area contributed by atoms with Crippen molar-refractivity contribution in [3.05, 3.63) is 0 Å². The van der Waals surface area contributed by atoms with Crippen LogP contribution in [0.15, 0.2) is 0 Å². The third-order valence-corrected chi connectivity index (χ3v) is 1.16. The first kappa shape index (κ1) is 5.97. The Balaban J connectivity index is 2.39. The van der Waals surface area contributed by atoms with Crippen molar-refractivity contribution in [2.45, 2.75) is 12.2 Å². The first-order chi connectivity index (χ1) is 3.70. The van der Waals surface area contributed by atoms with Gasteiger partial charge in [-0.2, -0.15) is 0 Å². The SMILES string of the molecule is [O-][O+]1CC(O)C(O)C1. The number of hydrogen-bond acceptors (Lipinski definition) is 3. The molecule has 1 aliphatic rings. The van der Waals surface area contributed by atoms with Gasteiger partial charge >= 0.3 is 0 Å². The molecule has 0 aliphatic carbocycles. The van der Waals surface area contributed by atoms with E-state index in [9.17, 15) is 5.26 Å². The average molecular weight is 120 g/mol. The van der Waals surface area contributed by atoms with Crippen molar-refractivity contribution in [3.63, 3.8) is 0 Å². The van der Waals surface area contributed by atoms with E-state index < -0.39 is 12.2 Å². The van der Waals surface area contributed by atoms with Gasteiger partial charge in [0.2, 0.25) is 0 Å². The standard InChI is InChI=1S/C4H8O4/c5-3-1-8(7)2-4(3)6/h3-6H,1-2H2. The molecule has 0 amide bonds. The summed E-state index contributed by atoms with van der Waals surface area (Å²) in [5.41, 5.74) is 0. The number of hydrogen-bond donors (Lipinski definition) is 2. The highest BCUT2D eigenvalue weighted by molar-refractivity contribution is 4.72. The summed E-state index contributed by atoms with van der Waals surface area (Å²) in [5, 5.41) is 27.5. The Morgan fingerprint density at radius 1 is 1.25 bits per heavy atom. The zero-order valence-electron chi connectivity index (χ0n) is 4.28. The molecule has 2 unspecified atom stereocenters. The van der Waals surface area contributed by atoms with Crippen LogP contribution in [0.1, 0.15) is 0 Å². The van der Waals surface area contributed by atoms with Crippen molar-refractivity contribution >= 4 is 0 Å². The lowest BCUT2D eigenvalue weighted by molar-refractivity contribution is -0.789. The van der Waals surface area contributed by atoms with Crippen LogP contribution >= 0.6 is 0 Å². The number of rotatable bonds is 0. The molecule has 2 N–H and O–H groups in total. The third kappa shape index (κ3) is 0.976. The van der Waals surface area contributed by atoms with E-state index in [1.807, 2.05) is 0 Å². The highest BCUT2D eigenvalue weighted by Gasteiger charge is 2.31. The van der Waals surface area contributed by atoms with Crippen molar-refractivity contribution < 1.29 is 20.0 Å². The van der Waals surface area contributed by atoms with Crippen LogP contribution in [0.3, 0.4) is 0 Å². The van der Waals surface area contributed by atoms with E-state index in [2.05, 4.69) is 0 Å². The zero-order chi connectivity index (χ0) is 6.15. The fraction of sp³-hybridized carbons (Fsp3) is 1.00. The van der Waals surface area contributed by atoms with E-state index in [0.29, 0.717) is 0 Å². The van der Waals surface area contributed by atoms with Crippen LogP contribution in [0.4, 0.5) is 0 Å². The lowest BCUT2D eigenvalue weighted by Gasteiger charge is -2.11. The predicted octanol–water partition coefficient (Wildman–Crippen LogP) is -2.45. The van der Waals surface area contributed by atoms with Gasteiger partial charge in [-0.3, -0.25) is 0 Å². The van der Waals surface area contributed by atoms with Crippen LogP contribution in [0.2, 0.25) is 0 Å². The fourth-order valence-corrected chi connectivity index (χ4v) is 0.671. The third-order valence-electron chi connectivity index (χ3n) is 1.16. The molecule has 1 aliphatic heterocycles. The van der Waals surface area contributed by atoms with Gasteiger partial charge in [-0.15, -0.1) is 0 Å². The molecule has 0 bridgehead atoms. The molecule has 2 atom stereocenters. The lowest BCUT2D eigenvalue weighted by Crippen LogP contribution is -2.24. The molecule has 48 valence electrons. The molecule has 4 nitrogen and oxygen atoms in total. The van der Waals surface area contributed by atoms with Gasteiger partial charge in [0.05, 0.1) is 0 Å². The van der Waals surface area contributed by atoms with Gasteiger partial charge in [-0.05, 0) is 0 Å². The average Bonchev–Trinajstić information content (AvgIpc) is 1.85. The highest BCUT2D eigenvalue weighted by atomic mass is 17.2. The Morgan fingerprint density at radius 3 is 1.75 bits per heavy atom. The molecular formula is C4H8O4. The van der Waals surface area contributed by atoms with E-state index in [4.69, 9.17) is 10.2 Å². The second-order valence-corrected chi connectivity index (χ2v) is 1.91. The van der Waals surface area contributed by atoms with Crippen LogP contribution in [-0.2, 0) is 4.52 Å². The van der Waals surface area contributed by atoms with Gasteiger partial charge in [0, 0.05) is 0 Å². The topological polar surface area (TPSA) is 66.2 Å². The summed E-state index contributed by atoms with van der Waals surface area (Å²) in [5.74, 6) is 0. The molecule has 1 heterocycles. The van der Waals surface area contributed by atoms with E-state index in [0.717, 1.165) is 0 Å². The Bertz CT molecular complexity index is 74.1. The van der Waals surface area contributed by atoms with E-state index in [1.54, 1.807) is 0 Å². The fourth-order valence-electron chi connectivity index (χ4n) is 0.671. The van der Waals surface area contributed by atoms with Gasteiger partial charge in [0.15, 0.2) is 25.4 Å². The molecule has 0 saturated carbocycles. The maximum atomic E-state index is 10.2. The second-order valence-electron chi connectivity index (χ2n) is 1.91. The normalized spacial score (nSPS) is 40.9. The van der Waals surface area contributed by atoms with Crippen LogP contribution < -0.4 is 5.26 Å². The Labute approximate surface area is 46.6 Å². The molecule has 1 saturated heterocycles. The maximum Gasteiger partial charge on any atom is 0.180 e. The van der Waals surface area contributed by atoms with Crippen molar-refractivity contribution in [2.75, 3.05) is 13.2 Å². The molecule has 0 aromatic heterocycles. The maximum absolute atomic E-state index is 10.2.